The van der Waals surface area contributed by atoms with Gasteiger partial charge in [-0.05, 0) is 34.1 Å². The zero-order valence-corrected chi connectivity index (χ0v) is 11.6. The summed E-state index contributed by atoms with van der Waals surface area (Å²) in [4.78, 5) is 11.4. The molecule has 18 heavy (non-hydrogen) atoms. The fraction of sp³-hybridized carbons (Fsp3) is 0.750. The highest BCUT2D eigenvalue weighted by molar-refractivity contribution is 6.48. The molecule has 1 saturated heterocycles. The molecule has 6 heteroatoms. The van der Waals surface area contributed by atoms with Crippen LogP contribution in [-0.4, -0.2) is 37.3 Å². The topological polar surface area (TPSA) is 56.8 Å². The predicted molar refractivity (Wildman–Crippen MR) is 67.7 cm³/mol. The standard InChI is InChI=1S/C12H20BNO4/c1-11(2)12(3,4)18-13(17-11)9-7-6-8(14-9)10(15)16-5/h6,9,14H,7H2,1-5H3. The molecule has 1 atom stereocenters. The van der Waals surface area contributed by atoms with E-state index in [1.54, 1.807) is 0 Å². The van der Waals surface area contributed by atoms with Gasteiger partial charge in [0.1, 0.15) is 5.70 Å². The minimum absolute atomic E-state index is 0.0415. The van der Waals surface area contributed by atoms with Crippen LogP contribution in [0.15, 0.2) is 11.8 Å². The summed E-state index contributed by atoms with van der Waals surface area (Å²) in [5.41, 5.74) is -0.224. The van der Waals surface area contributed by atoms with Gasteiger partial charge in [0.25, 0.3) is 0 Å². The Morgan fingerprint density at radius 3 is 2.44 bits per heavy atom. The van der Waals surface area contributed by atoms with Gasteiger partial charge in [0.15, 0.2) is 0 Å². The number of nitrogens with one attached hydrogen (secondary N) is 1. The van der Waals surface area contributed by atoms with Gasteiger partial charge in [-0.2, -0.15) is 0 Å². The highest BCUT2D eigenvalue weighted by Crippen LogP contribution is 2.38. The van der Waals surface area contributed by atoms with Crippen LogP contribution in [0.2, 0.25) is 0 Å². The van der Waals surface area contributed by atoms with Crippen molar-refractivity contribution in [1.29, 1.82) is 0 Å². The highest BCUT2D eigenvalue weighted by Gasteiger charge is 2.54. The van der Waals surface area contributed by atoms with Crippen LogP contribution in [0.3, 0.4) is 0 Å². The Morgan fingerprint density at radius 1 is 1.39 bits per heavy atom. The second-order valence-electron chi connectivity index (χ2n) is 5.72. The number of hydrogen-bond acceptors (Lipinski definition) is 5. The number of hydrogen-bond donors (Lipinski definition) is 1. The van der Waals surface area contributed by atoms with Gasteiger partial charge in [-0.25, -0.2) is 4.79 Å². The van der Waals surface area contributed by atoms with Crippen LogP contribution in [0.5, 0.6) is 0 Å². The summed E-state index contributed by atoms with van der Waals surface area (Å²) in [6.07, 6.45) is 2.52. The smallest absolute Gasteiger partial charge is 0.464 e. The molecule has 0 bridgehead atoms. The first-order valence-corrected chi connectivity index (χ1v) is 6.17. The predicted octanol–water partition coefficient (Wildman–Crippen LogP) is 1.04. The molecule has 1 N–H and O–H groups in total. The molecule has 2 heterocycles. The van der Waals surface area contributed by atoms with Gasteiger partial charge in [-0.1, -0.05) is 6.08 Å². The van der Waals surface area contributed by atoms with Gasteiger partial charge in [-0.15, -0.1) is 0 Å². The zero-order chi connectivity index (χ0) is 13.6. The minimum Gasteiger partial charge on any atom is -0.464 e. The number of esters is 1. The molecule has 1 unspecified atom stereocenters. The molecular formula is C12H20BNO4. The minimum atomic E-state index is -0.354. The maximum Gasteiger partial charge on any atom is 0.482 e. The zero-order valence-electron chi connectivity index (χ0n) is 11.6. The Bertz CT molecular complexity index is 376. The van der Waals surface area contributed by atoms with Gasteiger partial charge in [0, 0.05) is 0 Å². The Labute approximate surface area is 108 Å². The van der Waals surface area contributed by atoms with Crippen molar-refractivity contribution in [3.05, 3.63) is 11.8 Å². The van der Waals surface area contributed by atoms with E-state index in [-0.39, 0.29) is 30.2 Å². The van der Waals surface area contributed by atoms with Gasteiger partial charge >= 0.3 is 13.1 Å². The van der Waals surface area contributed by atoms with Crippen LogP contribution in [0.25, 0.3) is 0 Å². The Balaban J connectivity index is 2.00. The van der Waals surface area contributed by atoms with Crippen molar-refractivity contribution >= 4 is 13.1 Å². The van der Waals surface area contributed by atoms with Crippen molar-refractivity contribution in [2.24, 2.45) is 0 Å². The molecule has 0 aliphatic carbocycles. The summed E-state index contributed by atoms with van der Waals surface area (Å²) in [6, 6.07) is 0. The normalized spacial score (nSPS) is 28.8. The van der Waals surface area contributed by atoms with Crippen LogP contribution in [0.4, 0.5) is 0 Å². The largest absolute Gasteiger partial charge is 0.482 e. The third-order valence-corrected chi connectivity index (χ3v) is 3.92. The lowest BCUT2D eigenvalue weighted by atomic mass is 9.77. The van der Waals surface area contributed by atoms with E-state index in [0.717, 1.165) is 0 Å². The summed E-state index contributed by atoms with van der Waals surface area (Å²) in [5, 5.41) is 3.10. The molecule has 1 fully saturated rings. The molecule has 5 nitrogen and oxygen atoms in total. The summed E-state index contributed by atoms with van der Waals surface area (Å²) >= 11 is 0. The van der Waals surface area contributed by atoms with Crippen molar-refractivity contribution < 1.29 is 18.8 Å². The van der Waals surface area contributed by atoms with Crippen molar-refractivity contribution in [2.45, 2.75) is 51.3 Å². The molecule has 0 aromatic rings. The van der Waals surface area contributed by atoms with Gasteiger partial charge < -0.3 is 19.4 Å². The summed E-state index contributed by atoms with van der Waals surface area (Å²) < 4.78 is 16.6. The molecular weight excluding hydrogens is 233 g/mol. The van der Waals surface area contributed by atoms with E-state index in [1.165, 1.54) is 7.11 Å². The highest BCUT2D eigenvalue weighted by atomic mass is 16.7. The quantitative estimate of drug-likeness (QED) is 0.588. The second-order valence-corrected chi connectivity index (χ2v) is 5.72. The van der Waals surface area contributed by atoms with Crippen molar-refractivity contribution in [3.63, 3.8) is 0 Å². The number of ether oxygens (including phenoxy) is 1. The monoisotopic (exact) mass is 253 g/mol. The van der Waals surface area contributed by atoms with Gasteiger partial charge in [0.05, 0.1) is 24.3 Å². The van der Waals surface area contributed by atoms with E-state index in [1.807, 2.05) is 33.8 Å². The molecule has 0 aromatic heterocycles. The maximum atomic E-state index is 11.4. The van der Waals surface area contributed by atoms with Crippen molar-refractivity contribution in [3.8, 4) is 0 Å². The average Bonchev–Trinajstić information content (AvgIpc) is 2.82. The molecule has 100 valence electrons. The van der Waals surface area contributed by atoms with E-state index in [4.69, 9.17) is 9.31 Å². The lowest BCUT2D eigenvalue weighted by Crippen LogP contribution is -2.42. The number of methoxy groups -OCH3 is 1. The maximum absolute atomic E-state index is 11.4. The van der Waals surface area contributed by atoms with Crippen LogP contribution in [-0.2, 0) is 18.8 Å². The molecule has 2 aliphatic rings. The summed E-state index contributed by atoms with van der Waals surface area (Å²) in [5.74, 6) is -0.394. The molecule has 0 aromatic carbocycles. The van der Waals surface area contributed by atoms with E-state index >= 15 is 0 Å². The number of carbonyl (C=O) groups is 1. The van der Waals surface area contributed by atoms with Crippen LogP contribution in [0.1, 0.15) is 34.1 Å². The fourth-order valence-corrected chi connectivity index (χ4v) is 2.05. The first-order chi connectivity index (χ1) is 8.27. The van der Waals surface area contributed by atoms with Crippen molar-refractivity contribution in [1.82, 2.24) is 5.32 Å². The SMILES string of the molecule is COC(=O)C1=CCC(B2OC(C)(C)C(C)(C)O2)N1. The molecule has 2 rings (SSSR count). The summed E-state index contributed by atoms with van der Waals surface area (Å²) in [6.45, 7) is 8.04. The van der Waals surface area contributed by atoms with E-state index in [2.05, 4.69) is 10.1 Å². The second kappa shape index (κ2) is 4.28. The molecule has 0 spiro atoms. The fourth-order valence-electron chi connectivity index (χ4n) is 2.05. The van der Waals surface area contributed by atoms with Crippen LogP contribution >= 0.6 is 0 Å². The van der Waals surface area contributed by atoms with Gasteiger partial charge in [0.2, 0.25) is 0 Å². The first-order valence-electron chi connectivity index (χ1n) is 6.17. The molecule has 0 radical (unpaired) electrons. The Kier molecular flexibility index (Phi) is 3.19. The van der Waals surface area contributed by atoms with Crippen LogP contribution in [0, 0.1) is 0 Å². The Morgan fingerprint density at radius 2 is 1.94 bits per heavy atom. The van der Waals surface area contributed by atoms with Crippen LogP contribution < -0.4 is 5.32 Å². The summed E-state index contributed by atoms with van der Waals surface area (Å²) in [7, 11) is 1.01. The third kappa shape index (κ3) is 2.15. The van der Waals surface area contributed by atoms with E-state index < -0.39 is 0 Å². The van der Waals surface area contributed by atoms with E-state index in [9.17, 15) is 4.79 Å². The number of rotatable bonds is 2. The lowest BCUT2D eigenvalue weighted by molar-refractivity contribution is -0.136. The van der Waals surface area contributed by atoms with E-state index in [0.29, 0.717) is 12.1 Å². The van der Waals surface area contributed by atoms with Crippen molar-refractivity contribution in [2.75, 3.05) is 7.11 Å². The third-order valence-electron chi connectivity index (χ3n) is 3.92. The molecule has 0 amide bonds. The first kappa shape index (κ1) is 13.4. The molecule has 0 saturated carbocycles. The average molecular weight is 253 g/mol. The number of carbonyl (C=O) groups excluding carboxylic acids is 1. The lowest BCUT2D eigenvalue weighted by Gasteiger charge is -2.32. The molecule has 2 aliphatic heterocycles. The Hall–Kier alpha value is -1.01. The van der Waals surface area contributed by atoms with Gasteiger partial charge in [-0.3, -0.25) is 0 Å².